The van der Waals surface area contributed by atoms with E-state index in [0.717, 1.165) is 25.3 Å². The molecule has 1 aliphatic carbocycles. The number of hydrogen-bond acceptors (Lipinski definition) is 3. The van der Waals surface area contributed by atoms with Crippen LogP contribution in [0.15, 0.2) is 18.2 Å². The van der Waals surface area contributed by atoms with Gasteiger partial charge in [0.05, 0.1) is 17.7 Å². The van der Waals surface area contributed by atoms with Gasteiger partial charge in [-0.15, -0.1) is 0 Å². The number of rotatable bonds is 2. The Morgan fingerprint density at radius 1 is 1.15 bits per heavy atom. The normalized spacial score (nSPS) is 24.2. The quantitative estimate of drug-likeness (QED) is 0.577. The van der Waals surface area contributed by atoms with Crippen LogP contribution in [-0.4, -0.2) is 17.3 Å². The van der Waals surface area contributed by atoms with Crippen molar-refractivity contribution in [1.29, 1.82) is 0 Å². The summed E-state index contributed by atoms with van der Waals surface area (Å²) in [5.41, 5.74) is 4.71. The standard InChI is InChI=1S/C14H19F3N2O/c15-14(16,17)10-8-9(18)6-7-11(10)19-12-4-2-1-3-5-13(12)20/h6-8,12-13,19-20H,1-5,18H2. The second-order valence-electron chi connectivity index (χ2n) is 5.26. The molecule has 2 unspecified atom stereocenters. The second-order valence-corrected chi connectivity index (χ2v) is 5.26. The van der Waals surface area contributed by atoms with E-state index in [4.69, 9.17) is 5.73 Å². The number of alkyl halides is 3. The van der Waals surface area contributed by atoms with Crippen LogP contribution in [0.2, 0.25) is 0 Å². The van der Waals surface area contributed by atoms with E-state index in [1.165, 1.54) is 12.1 Å². The van der Waals surface area contributed by atoms with Gasteiger partial charge in [-0.1, -0.05) is 19.3 Å². The predicted octanol–water partition coefficient (Wildman–Crippen LogP) is 3.39. The van der Waals surface area contributed by atoms with Crippen molar-refractivity contribution in [1.82, 2.24) is 0 Å². The fourth-order valence-electron chi connectivity index (χ4n) is 2.58. The van der Waals surface area contributed by atoms with Crippen LogP contribution < -0.4 is 11.1 Å². The van der Waals surface area contributed by atoms with Crippen molar-refractivity contribution in [2.45, 2.75) is 50.4 Å². The van der Waals surface area contributed by atoms with Gasteiger partial charge < -0.3 is 16.2 Å². The lowest BCUT2D eigenvalue weighted by atomic mass is 10.0. The highest BCUT2D eigenvalue weighted by molar-refractivity contribution is 5.59. The number of benzene rings is 1. The van der Waals surface area contributed by atoms with Crippen LogP contribution in [0.25, 0.3) is 0 Å². The molecular weight excluding hydrogens is 269 g/mol. The Morgan fingerprint density at radius 3 is 2.55 bits per heavy atom. The van der Waals surface area contributed by atoms with Crippen LogP contribution in [0, 0.1) is 0 Å². The maximum Gasteiger partial charge on any atom is 0.418 e. The fraction of sp³-hybridized carbons (Fsp3) is 0.571. The summed E-state index contributed by atoms with van der Waals surface area (Å²) in [6.45, 7) is 0. The number of nitrogen functional groups attached to an aromatic ring is 1. The minimum absolute atomic E-state index is 0.0161. The van der Waals surface area contributed by atoms with E-state index in [9.17, 15) is 18.3 Å². The Morgan fingerprint density at radius 2 is 1.85 bits per heavy atom. The molecule has 3 nitrogen and oxygen atoms in total. The van der Waals surface area contributed by atoms with Crippen molar-refractivity contribution in [3.05, 3.63) is 23.8 Å². The average molecular weight is 288 g/mol. The molecule has 0 aromatic heterocycles. The molecule has 0 saturated heterocycles. The number of nitrogens with one attached hydrogen (secondary N) is 1. The van der Waals surface area contributed by atoms with Crippen LogP contribution in [0.4, 0.5) is 24.5 Å². The molecule has 4 N–H and O–H groups in total. The van der Waals surface area contributed by atoms with Gasteiger partial charge in [-0.25, -0.2) is 0 Å². The van der Waals surface area contributed by atoms with E-state index in [-0.39, 0.29) is 17.4 Å². The molecule has 0 amide bonds. The first kappa shape index (κ1) is 15.0. The topological polar surface area (TPSA) is 58.3 Å². The number of aliphatic hydroxyl groups is 1. The van der Waals surface area contributed by atoms with Gasteiger partial charge in [0.15, 0.2) is 0 Å². The van der Waals surface area contributed by atoms with Crippen LogP contribution in [0.1, 0.15) is 37.7 Å². The third kappa shape index (κ3) is 3.56. The average Bonchev–Trinajstić information content (AvgIpc) is 2.56. The molecule has 1 saturated carbocycles. The van der Waals surface area contributed by atoms with Gasteiger partial charge in [0.25, 0.3) is 0 Å². The molecular formula is C14H19F3N2O. The maximum atomic E-state index is 13.0. The summed E-state index contributed by atoms with van der Waals surface area (Å²) in [6, 6.07) is 3.34. The summed E-state index contributed by atoms with van der Waals surface area (Å²) in [4.78, 5) is 0. The molecule has 2 atom stereocenters. The Kier molecular flexibility index (Phi) is 4.42. The summed E-state index contributed by atoms with van der Waals surface area (Å²) < 4.78 is 39.0. The van der Waals surface area contributed by atoms with Gasteiger partial charge in [0.1, 0.15) is 0 Å². The summed E-state index contributed by atoms with van der Waals surface area (Å²) in [6.07, 6.45) is -0.970. The van der Waals surface area contributed by atoms with Crippen LogP contribution >= 0.6 is 0 Å². The van der Waals surface area contributed by atoms with Crippen molar-refractivity contribution < 1.29 is 18.3 Å². The molecule has 0 spiro atoms. The molecule has 0 radical (unpaired) electrons. The van der Waals surface area contributed by atoms with Gasteiger partial charge >= 0.3 is 6.18 Å². The van der Waals surface area contributed by atoms with Crippen LogP contribution in [0.3, 0.4) is 0 Å². The molecule has 1 aliphatic rings. The van der Waals surface area contributed by atoms with E-state index in [0.29, 0.717) is 12.8 Å². The highest BCUT2D eigenvalue weighted by atomic mass is 19.4. The van der Waals surface area contributed by atoms with E-state index in [1.807, 2.05) is 0 Å². The van der Waals surface area contributed by atoms with Crippen molar-refractivity contribution in [2.24, 2.45) is 0 Å². The van der Waals surface area contributed by atoms with Crippen molar-refractivity contribution >= 4 is 11.4 Å². The molecule has 0 aliphatic heterocycles. The lowest BCUT2D eigenvalue weighted by Gasteiger charge is -2.25. The summed E-state index contributed by atoms with van der Waals surface area (Å²) in [5, 5.41) is 12.8. The minimum atomic E-state index is -4.46. The SMILES string of the molecule is Nc1ccc(NC2CCCCCC2O)c(C(F)(F)F)c1. The monoisotopic (exact) mass is 288 g/mol. The zero-order valence-electron chi connectivity index (χ0n) is 11.1. The smallest absolute Gasteiger partial charge is 0.399 e. The Balaban J connectivity index is 2.24. The van der Waals surface area contributed by atoms with Crippen molar-refractivity contribution in [3.8, 4) is 0 Å². The zero-order chi connectivity index (χ0) is 14.8. The number of halogens is 3. The van der Waals surface area contributed by atoms with Gasteiger partial charge in [-0.05, 0) is 31.0 Å². The molecule has 0 heterocycles. The van der Waals surface area contributed by atoms with Crippen molar-refractivity contribution in [2.75, 3.05) is 11.1 Å². The second kappa shape index (κ2) is 5.91. The molecule has 1 aromatic rings. The first-order valence-corrected chi connectivity index (χ1v) is 6.79. The van der Waals surface area contributed by atoms with Gasteiger partial charge in [0, 0.05) is 11.4 Å². The van der Waals surface area contributed by atoms with Gasteiger partial charge in [0.2, 0.25) is 0 Å². The van der Waals surface area contributed by atoms with E-state index >= 15 is 0 Å². The molecule has 6 heteroatoms. The molecule has 1 aromatic carbocycles. The lowest BCUT2D eigenvalue weighted by molar-refractivity contribution is -0.137. The zero-order valence-corrected chi connectivity index (χ0v) is 11.1. The van der Waals surface area contributed by atoms with E-state index < -0.39 is 17.8 Å². The third-order valence-corrected chi connectivity index (χ3v) is 3.67. The number of nitrogens with two attached hydrogens (primary N) is 1. The van der Waals surface area contributed by atoms with Crippen LogP contribution in [-0.2, 0) is 6.18 Å². The summed E-state index contributed by atoms with van der Waals surface area (Å²) in [7, 11) is 0. The fourth-order valence-corrected chi connectivity index (χ4v) is 2.58. The largest absolute Gasteiger partial charge is 0.418 e. The lowest BCUT2D eigenvalue weighted by Crippen LogP contribution is -2.33. The molecule has 20 heavy (non-hydrogen) atoms. The summed E-state index contributed by atoms with van der Waals surface area (Å²) in [5.74, 6) is 0. The molecule has 0 bridgehead atoms. The highest BCUT2D eigenvalue weighted by Crippen LogP contribution is 2.37. The van der Waals surface area contributed by atoms with Crippen molar-refractivity contribution in [3.63, 3.8) is 0 Å². The Bertz CT molecular complexity index is 462. The Hall–Kier alpha value is -1.43. The number of aliphatic hydroxyl groups excluding tert-OH is 1. The molecule has 112 valence electrons. The Labute approximate surface area is 116 Å². The number of anilines is 2. The first-order valence-electron chi connectivity index (χ1n) is 6.79. The van der Waals surface area contributed by atoms with Crippen LogP contribution in [0.5, 0.6) is 0 Å². The van der Waals surface area contributed by atoms with Gasteiger partial charge in [-0.3, -0.25) is 0 Å². The minimum Gasteiger partial charge on any atom is -0.399 e. The maximum absolute atomic E-state index is 13.0. The first-order chi connectivity index (χ1) is 9.38. The predicted molar refractivity (Wildman–Crippen MR) is 72.4 cm³/mol. The highest BCUT2D eigenvalue weighted by Gasteiger charge is 2.34. The molecule has 1 fully saturated rings. The third-order valence-electron chi connectivity index (χ3n) is 3.67. The molecule has 2 rings (SSSR count). The van der Waals surface area contributed by atoms with E-state index in [2.05, 4.69) is 5.32 Å². The summed E-state index contributed by atoms with van der Waals surface area (Å²) >= 11 is 0. The van der Waals surface area contributed by atoms with E-state index in [1.54, 1.807) is 0 Å². The van der Waals surface area contributed by atoms with Gasteiger partial charge in [-0.2, -0.15) is 13.2 Å². The number of hydrogen-bond donors (Lipinski definition) is 3.